The summed E-state index contributed by atoms with van der Waals surface area (Å²) < 4.78 is 25.8. The maximum atomic E-state index is 12.9. The highest BCUT2D eigenvalue weighted by Gasteiger charge is 2.33. The fourth-order valence-electron chi connectivity index (χ4n) is 3.28. The van der Waals surface area contributed by atoms with Gasteiger partial charge in [-0.25, -0.2) is 13.4 Å². The molecule has 2 N–H and O–H groups in total. The summed E-state index contributed by atoms with van der Waals surface area (Å²) in [5, 5.41) is 5.29. The van der Waals surface area contributed by atoms with Gasteiger partial charge in [0.05, 0.1) is 5.75 Å². The molecular weight excluding hydrogens is 390 g/mol. The van der Waals surface area contributed by atoms with E-state index in [9.17, 15) is 18.0 Å². The summed E-state index contributed by atoms with van der Waals surface area (Å²) in [5.41, 5.74) is 0.527. The Morgan fingerprint density at radius 1 is 1.21 bits per heavy atom. The highest BCUT2D eigenvalue weighted by molar-refractivity contribution is 7.91. The van der Waals surface area contributed by atoms with Crippen molar-refractivity contribution in [1.29, 1.82) is 0 Å². The van der Waals surface area contributed by atoms with Crippen LogP contribution >= 0.6 is 0 Å². The standard InChI is InChI=1S/C21H33N3O4S/c1-13(2)12-29(27,28)20-15(14-7-8-14)9-10-16(24-20)19(26)23-17(18(25)22-6)11-21(3,4)5/h9-10,13-14,17H,7-8,11-12H2,1-6H3,(H,22,25)(H,23,26)/t17-/m0/s1. The lowest BCUT2D eigenvalue weighted by atomic mass is 9.87. The molecule has 1 aliphatic rings. The molecule has 0 radical (unpaired) electrons. The first-order valence-corrected chi connectivity index (χ1v) is 11.8. The van der Waals surface area contributed by atoms with Gasteiger partial charge < -0.3 is 10.6 Å². The molecule has 162 valence electrons. The summed E-state index contributed by atoms with van der Waals surface area (Å²) in [6.07, 6.45) is 2.31. The fourth-order valence-corrected chi connectivity index (χ4v) is 5.14. The Morgan fingerprint density at radius 3 is 2.31 bits per heavy atom. The molecule has 1 aromatic heterocycles. The van der Waals surface area contributed by atoms with Gasteiger partial charge in [-0.2, -0.15) is 0 Å². The van der Waals surface area contributed by atoms with Crippen molar-refractivity contribution in [3.63, 3.8) is 0 Å². The van der Waals surface area contributed by atoms with Gasteiger partial charge in [0.2, 0.25) is 5.91 Å². The van der Waals surface area contributed by atoms with E-state index in [2.05, 4.69) is 15.6 Å². The molecule has 1 aromatic rings. The second-order valence-corrected chi connectivity index (χ2v) is 11.4. The van der Waals surface area contributed by atoms with Crippen molar-refractivity contribution in [3.8, 4) is 0 Å². The topological polar surface area (TPSA) is 105 Å². The third kappa shape index (κ3) is 6.52. The van der Waals surface area contributed by atoms with E-state index < -0.39 is 21.8 Å². The maximum absolute atomic E-state index is 12.9. The van der Waals surface area contributed by atoms with E-state index in [4.69, 9.17) is 0 Å². The number of nitrogens with zero attached hydrogens (tertiary/aromatic N) is 1. The largest absolute Gasteiger partial charge is 0.357 e. The maximum Gasteiger partial charge on any atom is 0.270 e. The lowest BCUT2D eigenvalue weighted by Gasteiger charge is -2.25. The van der Waals surface area contributed by atoms with Gasteiger partial charge in [-0.05, 0) is 48.1 Å². The fraction of sp³-hybridized carbons (Fsp3) is 0.667. The monoisotopic (exact) mass is 423 g/mol. The van der Waals surface area contributed by atoms with E-state index in [-0.39, 0.29) is 39.6 Å². The predicted molar refractivity (Wildman–Crippen MR) is 112 cm³/mol. The van der Waals surface area contributed by atoms with Crippen LogP contribution in [0.5, 0.6) is 0 Å². The van der Waals surface area contributed by atoms with Gasteiger partial charge in [0.1, 0.15) is 11.7 Å². The second-order valence-electron chi connectivity index (χ2n) is 9.45. The number of carbonyl (C=O) groups excluding carboxylic acids is 2. The van der Waals surface area contributed by atoms with Crippen molar-refractivity contribution >= 4 is 21.7 Å². The van der Waals surface area contributed by atoms with Crippen molar-refractivity contribution in [2.75, 3.05) is 12.8 Å². The molecule has 1 fully saturated rings. The van der Waals surface area contributed by atoms with Gasteiger partial charge >= 0.3 is 0 Å². The molecule has 0 aromatic carbocycles. The molecular formula is C21H33N3O4S. The van der Waals surface area contributed by atoms with E-state index in [1.54, 1.807) is 12.1 Å². The van der Waals surface area contributed by atoms with Crippen molar-refractivity contribution in [3.05, 3.63) is 23.4 Å². The van der Waals surface area contributed by atoms with Gasteiger partial charge in [0.25, 0.3) is 5.91 Å². The first-order valence-electron chi connectivity index (χ1n) is 10.1. The first kappa shape index (κ1) is 23.3. The molecule has 0 bridgehead atoms. The number of hydrogen-bond acceptors (Lipinski definition) is 5. The number of aromatic nitrogens is 1. The average Bonchev–Trinajstić information content (AvgIpc) is 3.42. The van der Waals surface area contributed by atoms with Crippen LogP contribution in [0.2, 0.25) is 0 Å². The van der Waals surface area contributed by atoms with Crippen LogP contribution < -0.4 is 10.6 Å². The van der Waals surface area contributed by atoms with Crippen molar-refractivity contribution in [1.82, 2.24) is 15.6 Å². The van der Waals surface area contributed by atoms with E-state index in [0.29, 0.717) is 12.0 Å². The molecule has 1 aliphatic carbocycles. The average molecular weight is 424 g/mol. The SMILES string of the molecule is CNC(=O)[C@H](CC(C)(C)C)NC(=O)c1ccc(C2CC2)c(S(=O)(=O)CC(C)C)n1. The van der Waals surface area contributed by atoms with Crippen LogP contribution in [0.25, 0.3) is 0 Å². The summed E-state index contributed by atoms with van der Waals surface area (Å²) in [7, 11) is -2.08. The molecule has 2 rings (SSSR count). The zero-order valence-electron chi connectivity index (χ0n) is 18.2. The van der Waals surface area contributed by atoms with E-state index in [0.717, 1.165) is 12.8 Å². The van der Waals surface area contributed by atoms with Crippen LogP contribution in [0.1, 0.15) is 75.9 Å². The lowest BCUT2D eigenvalue weighted by molar-refractivity contribution is -0.123. The molecule has 2 amide bonds. The molecule has 1 atom stereocenters. The van der Waals surface area contributed by atoms with Crippen LogP contribution in [-0.4, -0.2) is 44.1 Å². The second kappa shape index (κ2) is 8.81. The molecule has 8 heteroatoms. The minimum Gasteiger partial charge on any atom is -0.357 e. The summed E-state index contributed by atoms with van der Waals surface area (Å²) in [6.45, 7) is 9.62. The van der Waals surface area contributed by atoms with Crippen LogP contribution in [-0.2, 0) is 14.6 Å². The first-order chi connectivity index (χ1) is 13.3. The Morgan fingerprint density at radius 2 is 1.83 bits per heavy atom. The Labute approximate surface area is 174 Å². The summed E-state index contributed by atoms with van der Waals surface area (Å²) in [6, 6.07) is 2.52. The van der Waals surface area contributed by atoms with E-state index >= 15 is 0 Å². The lowest BCUT2D eigenvalue weighted by Crippen LogP contribution is -2.47. The minimum atomic E-state index is -3.60. The zero-order valence-corrected chi connectivity index (χ0v) is 19.0. The number of amides is 2. The van der Waals surface area contributed by atoms with Gasteiger partial charge in [0.15, 0.2) is 14.9 Å². The molecule has 1 saturated carbocycles. The molecule has 0 unspecified atom stereocenters. The summed E-state index contributed by atoms with van der Waals surface area (Å²) in [4.78, 5) is 29.3. The van der Waals surface area contributed by atoms with E-state index in [1.165, 1.54) is 7.05 Å². The minimum absolute atomic E-state index is 0.00802. The molecule has 1 heterocycles. The van der Waals surface area contributed by atoms with Crippen LogP contribution in [0.3, 0.4) is 0 Å². The van der Waals surface area contributed by atoms with Crippen molar-refractivity contribution in [2.45, 2.75) is 70.9 Å². The molecule has 0 saturated heterocycles. The van der Waals surface area contributed by atoms with Crippen LogP contribution in [0.4, 0.5) is 0 Å². The number of nitrogens with one attached hydrogen (secondary N) is 2. The molecule has 0 aliphatic heterocycles. The van der Waals surface area contributed by atoms with Gasteiger partial charge in [-0.1, -0.05) is 40.7 Å². The zero-order chi connectivity index (χ0) is 22.0. The van der Waals surface area contributed by atoms with Gasteiger partial charge in [-0.3, -0.25) is 9.59 Å². The van der Waals surface area contributed by atoms with Gasteiger partial charge in [0, 0.05) is 7.05 Å². The molecule has 29 heavy (non-hydrogen) atoms. The Hall–Kier alpha value is -1.96. The third-order valence-electron chi connectivity index (χ3n) is 4.67. The number of rotatable bonds is 8. The van der Waals surface area contributed by atoms with Gasteiger partial charge in [-0.15, -0.1) is 0 Å². The summed E-state index contributed by atoms with van der Waals surface area (Å²) in [5.74, 6) is -0.719. The quantitative estimate of drug-likeness (QED) is 0.669. The molecule has 7 nitrogen and oxygen atoms in total. The number of likely N-dealkylation sites (N-methyl/N-ethyl adjacent to an activating group) is 1. The normalized spacial score (nSPS) is 15.8. The number of hydrogen-bond donors (Lipinski definition) is 2. The predicted octanol–water partition coefficient (Wildman–Crippen LogP) is 2.67. The van der Waals surface area contributed by atoms with Crippen molar-refractivity contribution in [2.24, 2.45) is 11.3 Å². The van der Waals surface area contributed by atoms with Crippen LogP contribution in [0, 0.1) is 11.3 Å². The Kier molecular flexibility index (Phi) is 7.09. The molecule has 0 spiro atoms. The highest BCUT2D eigenvalue weighted by Crippen LogP contribution is 2.42. The summed E-state index contributed by atoms with van der Waals surface area (Å²) >= 11 is 0. The number of pyridine rings is 1. The van der Waals surface area contributed by atoms with Crippen LogP contribution in [0.15, 0.2) is 17.2 Å². The number of sulfone groups is 1. The third-order valence-corrected chi connectivity index (χ3v) is 6.69. The number of carbonyl (C=O) groups is 2. The Bertz CT molecular complexity index is 868. The Balaban J connectivity index is 2.35. The van der Waals surface area contributed by atoms with Crippen molar-refractivity contribution < 1.29 is 18.0 Å². The van der Waals surface area contributed by atoms with E-state index in [1.807, 2.05) is 34.6 Å². The smallest absolute Gasteiger partial charge is 0.270 e. The highest BCUT2D eigenvalue weighted by atomic mass is 32.2.